The number of carbonyl (C=O) groups is 1. The molecule has 0 aliphatic rings. The Bertz CT molecular complexity index is 1040. The van der Waals surface area contributed by atoms with Crippen molar-refractivity contribution in [2.45, 2.75) is 17.9 Å². The zero-order valence-corrected chi connectivity index (χ0v) is 16.5. The highest BCUT2D eigenvalue weighted by atomic mass is 32.2. The van der Waals surface area contributed by atoms with Crippen LogP contribution in [0.15, 0.2) is 89.8 Å². The van der Waals surface area contributed by atoms with Gasteiger partial charge in [-0.2, -0.15) is 0 Å². The van der Waals surface area contributed by atoms with Gasteiger partial charge in [0.15, 0.2) is 9.84 Å². The zero-order chi connectivity index (χ0) is 20.7. The van der Waals surface area contributed by atoms with Crippen LogP contribution in [-0.2, 0) is 21.2 Å². The van der Waals surface area contributed by atoms with Crippen molar-refractivity contribution in [2.24, 2.45) is 0 Å². The fraction of sp³-hybridized carbons (Fsp3) is 0.136. The summed E-state index contributed by atoms with van der Waals surface area (Å²) >= 11 is 0. The van der Waals surface area contributed by atoms with Gasteiger partial charge in [-0.05, 0) is 42.0 Å². The van der Waals surface area contributed by atoms with Crippen molar-refractivity contribution in [1.82, 2.24) is 5.43 Å². The summed E-state index contributed by atoms with van der Waals surface area (Å²) in [7, 11) is -3.68. The molecule has 150 valence electrons. The molecule has 0 aliphatic heterocycles. The van der Waals surface area contributed by atoms with Crippen molar-refractivity contribution in [3.05, 3.63) is 96.3 Å². The highest BCUT2D eigenvalue weighted by Gasteiger charge is 2.18. The van der Waals surface area contributed by atoms with E-state index in [0.29, 0.717) is 6.54 Å². The van der Waals surface area contributed by atoms with Gasteiger partial charge in [-0.15, -0.1) is 0 Å². The van der Waals surface area contributed by atoms with E-state index in [-0.39, 0.29) is 17.1 Å². The van der Waals surface area contributed by atoms with Gasteiger partial charge in [0.1, 0.15) is 5.82 Å². The lowest BCUT2D eigenvalue weighted by Gasteiger charge is -2.25. The van der Waals surface area contributed by atoms with Gasteiger partial charge in [0, 0.05) is 6.42 Å². The monoisotopic (exact) mass is 412 g/mol. The summed E-state index contributed by atoms with van der Waals surface area (Å²) in [6.45, 7) is 0.432. The van der Waals surface area contributed by atoms with Crippen LogP contribution in [0.1, 0.15) is 12.0 Å². The highest BCUT2D eigenvalue weighted by Crippen LogP contribution is 2.16. The number of para-hydroxylation sites is 1. The van der Waals surface area contributed by atoms with Crippen LogP contribution in [0.25, 0.3) is 0 Å². The van der Waals surface area contributed by atoms with Gasteiger partial charge in [-0.25, -0.2) is 12.8 Å². The quantitative estimate of drug-likeness (QED) is 0.452. The molecule has 1 amide bonds. The summed E-state index contributed by atoms with van der Waals surface area (Å²) in [6, 6.07) is 23.5. The van der Waals surface area contributed by atoms with Crippen LogP contribution in [0.3, 0.4) is 0 Å². The second-order valence-corrected chi connectivity index (χ2v) is 8.57. The van der Waals surface area contributed by atoms with Crippen molar-refractivity contribution in [1.29, 1.82) is 0 Å². The van der Waals surface area contributed by atoms with Gasteiger partial charge in [0.2, 0.25) is 5.91 Å². The van der Waals surface area contributed by atoms with E-state index < -0.39 is 21.6 Å². The summed E-state index contributed by atoms with van der Waals surface area (Å²) in [6.07, 6.45) is -0.210. The molecule has 1 N–H and O–H groups in total. The summed E-state index contributed by atoms with van der Waals surface area (Å²) in [5.74, 6) is -1.30. The van der Waals surface area contributed by atoms with Crippen LogP contribution < -0.4 is 10.4 Å². The van der Waals surface area contributed by atoms with E-state index >= 15 is 0 Å². The number of hydrazine groups is 1. The van der Waals surface area contributed by atoms with E-state index in [2.05, 4.69) is 5.43 Å². The maximum absolute atomic E-state index is 13.0. The third-order valence-corrected chi connectivity index (χ3v) is 6.01. The van der Waals surface area contributed by atoms with Gasteiger partial charge < -0.3 is 0 Å². The van der Waals surface area contributed by atoms with E-state index in [4.69, 9.17) is 0 Å². The van der Waals surface area contributed by atoms with Crippen molar-refractivity contribution < 1.29 is 17.6 Å². The molecule has 0 heterocycles. The molecule has 3 aromatic rings. The molecule has 0 saturated heterocycles. The predicted octanol–water partition coefficient (Wildman–Crippen LogP) is 3.73. The molecule has 0 spiro atoms. The number of amides is 1. The standard InChI is InChI=1S/C22H21FN2O3S/c23-19-11-13-21(14-12-19)29(27,28)16-15-22(26)24-25(20-9-5-2-6-10-20)17-18-7-3-1-4-8-18/h1-14H,15-17H2,(H,24,26). The number of benzene rings is 3. The summed E-state index contributed by atoms with van der Waals surface area (Å²) in [4.78, 5) is 12.5. The Morgan fingerprint density at radius 2 is 1.45 bits per heavy atom. The normalized spacial score (nSPS) is 11.1. The topological polar surface area (TPSA) is 66.5 Å². The summed E-state index contributed by atoms with van der Waals surface area (Å²) in [5, 5.41) is 1.68. The minimum atomic E-state index is -3.68. The number of hydrogen-bond acceptors (Lipinski definition) is 4. The maximum Gasteiger partial charge on any atom is 0.239 e. The van der Waals surface area contributed by atoms with Crippen molar-refractivity contribution in [3.63, 3.8) is 0 Å². The summed E-state index contributed by atoms with van der Waals surface area (Å²) < 4.78 is 37.8. The number of halogens is 1. The lowest BCUT2D eigenvalue weighted by Crippen LogP contribution is -2.42. The average Bonchev–Trinajstić information content (AvgIpc) is 2.74. The molecule has 0 unspecified atom stereocenters. The van der Waals surface area contributed by atoms with E-state index in [1.165, 1.54) is 12.1 Å². The lowest BCUT2D eigenvalue weighted by molar-refractivity contribution is -0.120. The van der Waals surface area contributed by atoms with Crippen LogP contribution >= 0.6 is 0 Å². The SMILES string of the molecule is O=C(CCS(=O)(=O)c1ccc(F)cc1)NN(Cc1ccccc1)c1ccccc1. The van der Waals surface area contributed by atoms with Gasteiger partial charge in [-0.1, -0.05) is 48.5 Å². The Balaban J connectivity index is 1.67. The number of anilines is 1. The van der Waals surface area contributed by atoms with Gasteiger partial charge in [0.25, 0.3) is 0 Å². The molecule has 0 fully saturated rings. The Morgan fingerprint density at radius 3 is 2.07 bits per heavy atom. The van der Waals surface area contributed by atoms with Crippen molar-refractivity contribution >= 4 is 21.4 Å². The second-order valence-electron chi connectivity index (χ2n) is 6.47. The molecular weight excluding hydrogens is 391 g/mol. The Kier molecular flexibility index (Phi) is 6.61. The van der Waals surface area contributed by atoms with E-state index in [1.807, 2.05) is 60.7 Å². The number of nitrogens with one attached hydrogen (secondary N) is 1. The van der Waals surface area contributed by atoms with Crippen LogP contribution in [0.4, 0.5) is 10.1 Å². The minimum Gasteiger partial charge on any atom is -0.281 e. The molecule has 0 radical (unpaired) electrons. The largest absolute Gasteiger partial charge is 0.281 e. The first kappa shape index (κ1) is 20.5. The van der Waals surface area contributed by atoms with E-state index in [0.717, 1.165) is 23.4 Å². The molecule has 0 saturated carbocycles. The molecule has 0 bridgehead atoms. The first-order valence-electron chi connectivity index (χ1n) is 9.08. The summed E-state index contributed by atoms with van der Waals surface area (Å²) in [5.41, 5.74) is 4.56. The molecule has 7 heteroatoms. The first-order valence-corrected chi connectivity index (χ1v) is 10.7. The molecule has 5 nitrogen and oxygen atoms in total. The maximum atomic E-state index is 13.0. The Morgan fingerprint density at radius 1 is 0.862 bits per heavy atom. The Labute approximate surface area is 169 Å². The minimum absolute atomic E-state index is 0.00380. The average molecular weight is 412 g/mol. The van der Waals surface area contributed by atoms with Crippen molar-refractivity contribution in [3.8, 4) is 0 Å². The fourth-order valence-corrected chi connectivity index (χ4v) is 4.00. The third kappa shape index (κ3) is 5.89. The highest BCUT2D eigenvalue weighted by molar-refractivity contribution is 7.91. The second kappa shape index (κ2) is 9.34. The van der Waals surface area contributed by atoms with Crippen LogP contribution in [0.2, 0.25) is 0 Å². The Hall–Kier alpha value is -3.19. The molecule has 0 atom stereocenters. The van der Waals surface area contributed by atoms with Gasteiger partial charge in [-0.3, -0.25) is 15.2 Å². The number of nitrogens with zero attached hydrogens (tertiary/aromatic N) is 1. The molecular formula is C22H21FN2O3S. The number of rotatable bonds is 8. The third-order valence-electron chi connectivity index (χ3n) is 4.28. The van der Waals surface area contributed by atoms with Crippen LogP contribution in [0, 0.1) is 5.82 Å². The van der Waals surface area contributed by atoms with Crippen molar-refractivity contribution in [2.75, 3.05) is 10.8 Å². The molecule has 3 aromatic carbocycles. The molecule has 29 heavy (non-hydrogen) atoms. The van der Waals surface area contributed by atoms with Crippen LogP contribution in [-0.4, -0.2) is 20.1 Å². The predicted molar refractivity (Wildman–Crippen MR) is 110 cm³/mol. The van der Waals surface area contributed by atoms with Gasteiger partial charge in [0.05, 0.1) is 22.9 Å². The number of hydrogen-bond donors (Lipinski definition) is 1. The number of carbonyl (C=O) groups excluding carboxylic acids is 1. The molecule has 0 aromatic heterocycles. The first-order chi connectivity index (χ1) is 13.9. The molecule has 3 rings (SSSR count). The van der Waals surface area contributed by atoms with E-state index in [1.54, 1.807) is 5.01 Å². The number of sulfone groups is 1. The zero-order valence-electron chi connectivity index (χ0n) is 15.7. The van der Waals surface area contributed by atoms with Crippen LogP contribution in [0.5, 0.6) is 0 Å². The van der Waals surface area contributed by atoms with E-state index in [9.17, 15) is 17.6 Å². The van der Waals surface area contributed by atoms with Gasteiger partial charge >= 0.3 is 0 Å². The fourth-order valence-electron chi connectivity index (χ4n) is 2.76. The molecule has 0 aliphatic carbocycles. The lowest BCUT2D eigenvalue weighted by atomic mass is 10.2. The smallest absolute Gasteiger partial charge is 0.239 e.